The molecule has 1 aliphatic rings. The number of ether oxygens (including phenoxy) is 2. The minimum absolute atomic E-state index is 0.0366. The first-order chi connectivity index (χ1) is 13.2. The third-order valence-electron chi connectivity index (χ3n) is 4.22. The molecule has 5 heteroatoms. The topological polar surface area (TPSA) is 74.8 Å². The molecule has 27 heavy (non-hydrogen) atoms. The average Bonchev–Trinajstić information content (AvgIpc) is 3.19. The van der Waals surface area contributed by atoms with Gasteiger partial charge in [-0.3, -0.25) is 0 Å². The number of benzene rings is 3. The lowest BCUT2D eigenvalue weighted by Gasteiger charge is -2.14. The SMILES string of the molecule is N#Cc1ccc(O)c(C2=NCC(c3cccc(Oc4ccccc4)c3)O2)c1. The summed E-state index contributed by atoms with van der Waals surface area (Å²) < 4.78 is 11.8. The average molecular weight is 356 g/mol. The molecular formula is C22H16N2O3. The molecule has 0 aliphatic carbocycles. The number of aromatic hydroxyl groups is 1. The molecule has 1 atom stereocenters. The Morgan fingerprint density at radius 3 is 2.63 bits per heavy atom. The molecule has 0 fully saturated rings. The van der Waals surface area contributed by atoms with Crippen molar-refractivity contribution in [2.45, 2.75) is 6.10 Å². The highest BCUT2D eigenvalue weighted by atomic mass is 16.5. The van der Waals surface area contributed by atoms with Crippen LogP contribution in [-0.2, 0) is 4.74 Å². The fourth-order valence-corrected chi connectivity index (χ4v) is 2.88. The minimum Gasteiger partial charge on any atom is -0.507 e. The van der Waals surface area contributed by atoms with Gasteiger partial charge in [0.1, 0.15) is 23.4 Å². The third-order valence-corrected chi connectivity index (χ3v) is 4.22. The second-order valence-electron chi connectivity index (χ2n) is 6.08. The van der Waals surface area contributed by atoms with Crippen LogP contribution < -0.4 is 4.74 Å². The summed E-state index contributed by atoms with van der Waals surface area (Å²) >= 11 is 0. The third kappa shape index (κ3) is 3.60. The monoisotopic (exact) mass is 356 g/mol. The van der Waals surface area contributed by atoms with E-state index in [0.29, 0.717) is 29.3 Å². The fourth-order valence-electron chi connectivity index (χ4n) is 2.88. The number of aliphatic imine (C=N–C) groups is 1. The Balaban J connectivity index is 1.52. The lowest BCUT2D eigenvalue weighted by molar-refractivity contribution is 0.229. The van der Waals surface area contributed by atoms with Gasteiger partial charge in [0, 0.05) is 0 Å². The number of phenols is 1. The lowest BCUT2D eigenvalue weighted by Crippen LogP contribution is -2.07. The maximum atomic E-state index is 10.1. The second kappa shape index (κ2) is 7.22. The van der Waals surface area contributed by atoms with E-state index in [0.717, 1.165) is 11.3 Å². The summed E-state index contributed by atoms with van der Waals surface area (Å²) in [5.41, 5.74) is 1.79. The van der Waals surface area contributed by atoms with Gasteiger partial charge >= 0.3 is 0 Å². The zero-order valence-corrected chi connectivity index (χ0v) is 14.4. The van der Waals surface area contributed by atoms with Crippen LogP contribution in [0.5, 0.6) is 17.2 Å². The van der Waals surface area contributed by atoms with Gasteiger partial charge in [-0.15, -0.1) is 0 Å². The molecule has 0 saturated carbocycles. The first kappa shape index (κ1) is 16.7. The minimum atomic E-state index is -0.274. The molecule has 3 aromatic carbocycles. The standard InChI is InChI=1S/C22H16N2O3/c23-13-15-9-10-20(25)19(11-15)22-24-14-21(27-22)16-5-4-8-18(12-16)26-17-6-2-1-3-7-17/h1-12,21,25H,14H2. The zero-order chi connectivity index (χ0) is 18.6. The van der Waals surface area contributed by atoms with Crippen molar-refractivity contribution in [1.29, 1.82) is 5.26 Å². The first-order valence-corrected chi connectivity index (χ1v) is 8.50. The van der Waals surface area contributed by atoms with E-state index in [-0.39, 0.29) is 11.9 Å². The number of hydrogen-bond donors (Lipinski definition) is 1. The van der Waals surface area contributed by atoms with Gasteiger partial charge in [0.25, 0.3) is 0 Å². The number of nitrogens with zero attached hydrogens (tertiary/aromatic N) is 2. The predicted octanol–water partition coefficient (Wildman–Crippen LogP) is 4.57. The molecule has 132 valence electrons. The highest BCUT2D eigenvalue weighted by molar-refractivity contribution is 5.98. The van der Waals surface area contributed by atoms with Gasteiger partial charge in [0.05, 0.1) is 23.7 Å². The van der Waals surface area contributed by atoms with Crippen molar-refractivity contribution < 1.29 is 14.6 Å². The van der Waals surface area contributed by atoms with E-state index in [1.807, 2.05) is 54.6 Å². The van der Waals surface area contributed by atoms with E-state index in [1.54, 1.807) is 12.1 Å². The van der Waals surface area contributed by atoms with Crippen molar-refractivity contribution in [3.05, 3.63) is 89.5 Å². The Kier molecular flexibility index (Phi) is 4.46. The van der Waals surface area contributed by atoms with Crippen LogP contribution >= 0.6 is 0 Å². The lowest BCUT2D eigenvalue weighted by atomic mass is 10.1. The van der Waals surface area contributed by atoms with Gasteiger partial charge in [0.2, 0.25) is 5.90 Å². The summed E-state index contributed by atoms with van der Waals surface area (Å²) in [6, 6.07) is 23.9. The molecule has 0 bridgehead atoms. The Bertz CT molecular complexity index is 1040. The van der Waals surface area contributed by atoms with Crippen LogP contribution in [0.1, 0.15) is 22.8 Å². The maximum Gasteiger partial charge on any atom is 0.220 e. The molecule has 0 spiro atoms. The van der Waals surface area contributed by atoms with E-state index in [1.165, 1.54) is 6.07 Å². The van der Waals surface area contributed by atoms with Crippen LogP contribution in [0, 0.1) is 11.3 Å². The highest BCUT2D eigenvalue weighted by Gasteiger charge is 2.25. The highest BCUT2D eigenvalue weighted by Crippen LogP contribution is 2.31. The quantitative estimate of drug-likeness (QED) is 0.743. The van der Waals surface area contributed by atoms with Gasteiger partial charge in [-0.1, -0.05) is 30.3 Å². The van der Waals surface area contributed by atoms with Crippen LogP contribution in [0.3, 0.4) is 0 Å². The number of rotatable bonds is 4. The van der Waals surface area contributed by atoms with Crippen LogP contribution in [0.4, 0.5) is 0 Å². The summed E-state index contributed by atoms with van der Waals surface area (Å²) in [5, 5.41) is 19.1. The van der Waals surface area contributed by atoms with Gasteiger partial charge in [-0.2, -0.15) is 5.26 Å². The molecule has 0 amide bonds. The van der Waals surface area contributed by atoms with Gasteiger partial charge in [-0.05, 0) is 48.0 Å². The first-order valence-electron chi connectivity index (χ1n) is 8.50. The molecule has 3 aromatic rings. The summed E-state index contributed by atoms with van der Waals surface area (Å²) in [7, 11) is 0. The van der Waals surface area contributed by atoms with Crippen LogP contribution in [0.15, 0.2) is 77.8 Å². The molecule has 1 N–H and O–H groups in total. The summed E-state index contributed by atoms with van der Waals surface area (Å²) in [4.78, 5) is 4.40. The summed E-state index contributed by atoms with van der Waals surface area (Å²) in [5.74, 6) is 1.85. The molecule has 0 radical (unpaired) electrons. The van der Waals surface area contributed by atoms with Crippen LogP contribution in [0.2, 0.25) is 0 Å². The molecule has 1 aliphatic heterocycles. The Hall–Kier alpha value is -3.78. The fraction of sp³-hybridized carbons (Fsp3) is 0.0909. The maximum absolute atomic E-state index is 10.1. The molecule has 0 saturated heterocycles. The number of nitriles is 1. The number of para-hydroxylation sites is 1. The van der Waals surface area contributed by atoms with E-state index in [2.05, 4.69) is 11.1 Å². The number of phenolic OH excluding ortho intramolecular Hbond substituents is 1. The number of hydrogen-bond acceptors (Lipinski definition) is 5. The van der Waals surface area contributed by atoms with Crippen molar-refractivity contribution in [2.75, 3.05) is 6.54 Å². The molecule has 4 rings (SSSR count). The van der Waals surface area contributed by atoms with E-state index >= 15 is 0 Å². The van der Waals surface area contributed by atoms with Gasteiger partial charge in [0.15, 0.2) is 0 Å². The van der Waals surface area contributed by atoms with E-state index in [9.17, 15) is 5.11 Å². The Labute approximate surface area is 156 Å². The van der Waals surface area contributed by atoms with Crippen molar-refractivity contribution in [3.8, 4) is 23.3 Å². The van der Waals surface area contributed by atoms with Crippen LogP contribution in [0.25, 0.3) is 0 Å². The smallest absolute Gasteiger partial charge is 0.220 e. The normalized spacial score (nSPS) is 15.5. The van der Waals surface area contributed by atoms with Crippen molar-refractivity contribution in [1.82, 2.24) is 0 Å². The largest absolute Gasteiger partial charge is 0.507 e. The van der Waals surface area contributed by atoms with E-state index in [4.69, 9.17) is 14.7 Å². The zero-order valence-electron chi connectivity index (χ0n) is 14.4. The molecular weight excluding hydrogens is 340 g/mol. The van der Waals surface area contributed by atoms with Crippen molar-refractivity contribution in [3.63, 3.8) is 0 Å². The predicted molar refractivity (Wildman–Crippen MR) is 101 cm³/mol. The molecule has 0 aromatic heterocycles. The van der Waals surface area contributed by atoms with Crippen LogP contribution in [-0.4, -0.2) is 17.5 Å². The van der Waals surface area contributed by atoms with Crippen molar-refractivity contribution >= 4 is 5.90 Å². The summed E-state index contributed by atoms with van der Waals surface area (Å²) in [6.45, 7) is 0.431. The second-order valence-corrected chi connectivity index (χ2v) is 6.08. The molecule has 1 heterocycles. The summed E-state index contributed by atoms with van der Waals surface area (Å²) in [6.07, 6.45) is -0.274. The molecule has 5 nitrogen and oxygen atoms in total. The van der Waals surface area contributed by atoms with Gasteiger partial charge in [-0.25, -0.2) is 4.99 Å². The molecule has 1 unspecified atom stereocenters. The Morgan fingerprint density at radius 1 is 1.00 bits per heavy atom. The van der Waals surface area contributed by atoms with Gasteiger partial charge < -0.3 is 14.6 Å². The van der Waals surface area contributed by atoms with E-state index < -0.39 is 0 Å². The Morgan fingerprint density at radius 2 is 1.81 bits per heavy atom. The van der Waals surface area contributed by atoms with Crippen molar-refractivity contribution in [2.24, 2.45) is 4.99 Å².